The first-order valence-corrected chi connectivity index (χ1v) is 9.82. The molecule has 3 nitrogen and oxygen atoms in total. The Labute approximate surface area is 128 Å². The zero-order valence-electron chi connectivity index (χ0n) is 12.7. The highest BCUT2D eigenvalue weighted by molar-refractivity contribution is 7.92. The van der Waals surface area contributed by atoms with Crippen molar-refractivity contribution in [2.45, 2.75) is 55.7 Å². The van der Waals surface area contributed by atoms with Crippen LogP contribution in [0.25, 0.3) is 0 Å². The van der Waals surface area contributed by atoms with Crippen molar-refractivity contribution in [3.63, 3.8) is 0 Å². The minimum atomic E-state index is -2.97. The molecular weight excluding hydrogens is 282 g/mol. The van der Waals surface area contributed by atoms with Crippen molar-refractivity contribution in [3.05, 3.63) is 35.4 Å². The van der Waals surface area contributed by atoms with Crippen LogP contribution < -0.4 is 5.32 Å². The molecule has 1 aliphatic heterocycles. The fourth-order valence-corrected chi connectivity index (χ4v) is 5.81. The number of sulfone groups is 1. The van der Waals surface area contributed by atoms with E-state index in [0.29, 0.717) is 11.7 Å². The molecule has 0 amide bonds. The van der Waals surface area contributed by atoms with E-state index in [9.17, 15) is 8.42 Å². The standard InChI is InChI=1S/C17H25NO2S/c1-18-17(16-10-2-3-11-21(16,19)20)15-9-5-8-14(12-15)13-6-4-7-13/h5,8-9,12-13,16-18H,2-4,6-7,10-11H2,1H3. The van der Waals surface area contributed by atoms with Crippen LogP contribution in [0, 0.1) is 0 Å². The van der Waals surface area contributed by atoms with Gasteiger partial charge < -0.3 is 5.32 Å². The maximum Gasteiger partial charge on any atom is 0.155 e. The maximum absolute atomic E-state index is 12.4. The summed E-state index contributed by atoms with van der Waals surface area (Å²) in [5.41, 5.74) is 2.52. The van der Waals surface area contributed by atoms with Crippen molar-refractivity contribution < 1.29 is 8.42 Å². The average molecular weight is 307 g/mol. The first-order valence-electron chi connectivity index (χ1n) is 8.10. The summed E-state index contributed by atoms with van der Waals surface area (Å²) in [6.07, 6.45) is 6.48. The molecule has 21 heavy (non-hydrogen) atoms. The van der Waals surface area contributed by atoms with Gasteiger partial charge in [-0.05, 0) is 49.8 Å². The monoisotopic (exact) mass is 307 g/mol. The second-order valence-electron chi connectivity index (χ2n) is 6.47. The summed E-state index contributed by atoms with van der Waals surface area (Å²) in [5.74, 6) is 1.03. The second kappa shape index (κ2) is 6.09. The van der Waals surface area contributed by atoms with Crippen molar-refractivity contribution in [2.75, 3.05) is 12.8 Å². The van der Waals surface area contributed by atoms with E-state index in [4.69, 9.17) is 0 Å². The van der Waals surface area contributed by atoms with Crippen LogP contribution in [0.5, 0.6) is 0 Å². The quantitative estimate of drug-likeness (QED) is 0.929. The molecule has 1 aliphatic carbocycles. The highest BCUT2D eigenvalue weighted by Gasteiger charge is 2.35. The topological polar surface area (TPSA) is 46.2 Å². The van der Waals surface area contributed by atoms with Crippen LogP contribution in [-0.4, -0.2) is 26.5 Å². The Hall–Kier alpha value is -0.870. The lowest BCUT2D eigenvalue weighted by Crippen LogP contribution is -2.39. The van der Waals surface area contributed by atoms with Crippen molar-refractivity contribution in [1.82, 2.24) is 5.32 Å². The van der Waals surface area contributed by atoms with Gasteiger partial charge in [-0.2, -0.15) is 0 Å². The van der Waals surface area contributed by atoms with E-state index in [1.807, 2.05) is 7.05 Å². The Bertz CT molecular complexity index is 593. The number of hydrogen-bond acceptors (Lipinski definition) is 3. The summed E-state index contributed by atoms with van der Waals surface area (Å²) in [6.45, 7) is 0. The molecular formula is C17H25NO2S. The Morgan fingerprint density at radius 3 is 2.57 bits per heavy atom. The van der Waals surface area contributed by atoms with Crippen LogP contribution >= 0.6 is 0 Å². The Morgan fingerprint density at radius 2 is 1.95 bits per heavy atom. The van der Waals surface area contributed by atoms with E-state index >= 15 is 0 Å². The van der Waals surface area contributed by atoms with E-state index in [1.54, 1.807) is 0 Å². The van der Waals surface area contributed by atoms with Gasteiger partial charge in [0.25, 0.3) is 0 Å². The minimum Gasteiger partial charge on any atom is -0.312 e. The van der Waals surface area contributed by atoms with Crippen molar-refractivity contribution >= 4 is 9.84 Å². The van der Waals surface area contributed by atoms with Crippen LogP contribution in [0.2, 0.25) is 0 Å². The Balaban J connectivity index is 1.88. The lowest BCUT2D eigenvalue weighted by atomic mass is 9.79. The summed E-state index contributed by atoms with van der Waals surface area (Å²) < 4.78 is 24.8. The molecule has 0 spiro atoms. The van der Waals surface area contributed by atoms with E-state index in [2.05, 4.69) is 29.6 Å². The summed E-state index contributed by atoms with van der Waals surface area (Å²) in [6, 6.07) is 8.51. The molecule has 1 saturated carbocycles. The lowest BCUT2D eigenvalue weighted by Gasteiger charge is -2.31. The van der Waals surface area contributed by atoms with Gasteiger partial charge in [-0.3, -0.25) is 0 Å². The van der Waals surface area contributed by atoms with Crippen LogP contribution in [0.4, 0.5) is 0 Å². The van der Waals surface area contributed by atoms with Gasteiger partial charge in [0.05, 0.1) is 11.0 Å². The zero-order valence-corrected chi connectivity index (χ0v) is 13.5. The van der Waals surface area contributed by atoms with Gasteiger partial charge in [-0.15, -0.1) is 0 Å². The predicted molar refractivity (Wildman–Crippen MR) is 86.3 cm³/mol. The van der Waals surface area contributed by atoms with Gasteiger partial charge in [0.2, 0.25) is 0 Å². The SMILES string of the molecule is CNC(c1cccc(C2CCC2)c1)C1CCCCS1(=O)=O. The fraction of sp³-hybridized carbons (Fsp3) is 0.647. The lowest BCUT2D eigenvalue weighted by molar-refractivity contribution is 0.418. The van der Waals surface area contributed by atoms with Gasteiger partial charge in [0, 0.05) is 6.04 Å². The van der Waals surface area contributed by atoms with E-state index in [-0.39, 0.29) is 11.3 Å². The molecule has 2 atom stereocenters. The molecule has 2 unspecified atom stereocenters. The van der Waals surface area contributed by atoms with Crippen molar-refractivity contribution in [2.24, 2.45) is 0 Å². The van der Waals surface area contributed by atoms with Crippen molar-refractivity contribution in [3.8, 4) is 0 Å². The zero-order chi connectivity index (χ0) is 14.9. The van der Waals surface area contributed by atoms with E-state index in [1.165, 1.54) is 24.8 Å². The molecule has 1 heterocycles. The van der Waals surface area contributed by atoms with E-state index in [0.717, 1.165) is 24.8 Å². The first-order chi connectivity index (χ1) is 10.1. The molecule has 1 N–H and O–H groups in total. The van der Waals surface area contributed by atoms with Crippen LogP contribution in [0.1, 0.15) is 61.6 Å². The average Bonchev–Trinajstić information content (AvgIpc) is 2.40. The van der Waals surface area contributed by atoms with Crippen molar-refractivity contribution in [1.29, 1.82) is 0 Å². The summed E-state index contributed by atoms with van der Waals surface area (Å²) in [7, 11) is -1.09. The highest BCUT2D eigenvalue weighted by atomic mass is 32.2. The number of benzene rings is 1. The predicted octanol–water partition coefficient (Wildman–Crippen LogP) is 3.18. The fourth-order valence-electron chi connectivity index (χ4n) is 3.67. The second-order valence-corrected chi connectivity index (χ2v) is 8.80. The Kier molecular flexibility index (Phi) is 4.36. The molecule has 116 valence electrons. The van der Waals surface area contributed by atoms with E-state index < -0.39 is 9.84 Å². The molecule has 0 radical (unpaired) electrons. The number of hydrogen-bond donors (Lipinski definition) is 1. The molecule has 1 saturated heterocycles. The summed E-state index contributed by atoms with van der Waals surface area (Å²) in [4.78, 5) is 0. The highest BCUT2D eigenvalue weighted by Crippen LogP contribution is 2.38. The number of rotatable bonds is 4. The van der Waals surface area contributed by atoms with Gasteiger partial charge in [0.15, 0.2) is 9.84 Å². The van der Waals surface area contributed by atoms with Gasteiger partial charge in [-0.25, -0.2) is 8.42 Å². The Morgan fingerprint density at radius 1 is 1.14 bits per heavy atom. The molecule has 3 rings (SSSR count). The molecule has 0 bridgehead atoms. The third-order valence-electron chi connectivity index (χ3n) is 5.16. The summed E-state index contributed by atoms with van der Waals surface area (Å²) in [5, 5.41) is 3.00. The van der Waals surface area contributed by atoms with Crippen LogP contribution in [0.15, 0.2) is 24.3 Å². The van der Waals surface area contributed by atoms with Gasteiger partial charge >= 0.3 is 0 Å². The van der Waals surface area contributed by atoms with Crippen LogP contribution in [0.3, 0.4) is 0 Å². The maximum atomic E-state index is 12.4. The molecule has 2 aliphatic rings. The van der Waals surface area contributed by atoms with Crippen LogP contribution in [-0.2, 0) is 9.84 Å². The smallest absolute Gasteiger partial charge is 0.155 e. The molecule has 1 aromatic carbocycles. The third kappa shape index (κ3) is 3.02. The molecule has 1 aromatic rings. The normalized spacial score (nSPS) is 27.0. The van der Waals surface area contributed by atoms with Gasteiger partial charge in [0.1, 0.15) is 0 Å². The molecule has 0 aromatic heterocycles. The summed E-state index contributed by atoms with van der Waals surface area (Å²) >= 11 is 0. The molecule has 2 fully saturated rings. The number of nitrogens with one attached hydrogen (secondary N) is 1. The largest absolute Gasteiger partial charge is 0.312 e. The van der Waals surface area contributed by atoms with Gasteiger partial charge in [-0.1, -0.05) is 37.1 Å². The molecule has 4 heteroatoms. The minimum absolute atomic E-state index is 0.0738. The third-order valence-corrected chi connectivity index (χ3v) is 7.45. The first kappa shape index (κ1) is 15.0.